The van der Waals surface area contributed by atoms with Crippen molar-refractivity contribution in [2.75, 3.05) is 81.0 Å². The van der Waals surface area contributed by atoms with Crippen molar-refractivity contribution in [3.05, 3.63) is 212 Å². The smallest absolute Gasteiger partial charge is 0.337 e. The van der Waals surface area contributed by atoms with Crippen LogP contribution in [0.5, 0.6) is 23.0 Å². The van der Waals surface area contributed by atoms with E-state index in [9.17, 15) is 19.2 Å². The zero-order valence-electron chi connectivity index (χ0n) is 49.2. The quantitative estimate of drug-likeness (QED) is 0.0291. The van der Waals surface area contributed by atoms with Gasteiger partial charge in [0.2, 0.25) is 22.4 Å². The van der Waals surface area contributed by atoms with Crippen molar-refractivity contribution in [2.45, 2.75) is 39.4 Å². The van der Waals surface area contributed by atoms with E-state index in [-0.39, 0.29) is 47.1 Å². The third-order valence-corrected chi connectivity index (χ3v) is 14.0. The molecule has 0 spiro atoms. The van der Waals surface area contributed by atoms with Gasteiger partial charge in [0.15, 0.2) is 11.5 Å². The number of fused-ring (bicyclic) bond motifs is 2. The van der Waals surface area contributed by atoms with E-state index in [1.165, 1.54) is 14.2 Å². The summed E-state index contributed by atoms with van der Waals surface area (Å²) in [7, 11) is 6.74. The van der Waals surface area contributed by atoms with Crippen molar-refractivity contribution in [1.29, 1.82) is 0 Å². The Morgan fingerprint density at radius 1 is 0.489 bits per heavy atom. The number of likely N-dealkylation sites (N-methyl/N-ethyl adjacent to an activating group) is 2. The molecule has 0 N–H and O–H groups in total. The molecule has 454 valence electrons. The lowest BCUT2D eigenvalue weighted by molar-refractivity contribution is 0.0591. The standard InChI is InChI=1S/C66H66N8O14/c1-71(39-51-41-73(69-67-51)29-31-81-33-35-83-53-23-19-47(20-24-53)61-63(59(75)55-15-5-7-17-57(55)87-61)85-43-45-11-9-13-49(37-45)65(77)79-3)27-28-72(2)40-52-42-74(70-68-52)30-32-82-34-36-84-54-25-21-48(22-26-54)62-64(60(76)56-16-6-8-18-58(56)88-62)86-44-46-12-10-14-50(38-46)66(78)80-4/h5-26,37-38,41-42H,27-36,39-40,43-44H2,1-4H3. The van der Waals surface area contributed by atoms with Gasteiger partial charge in [-0.3, -0.25) is 19.4 Å². The number of carbonyl (C=O) groups excluding carboxylic acids is 2. The monoisotopic (exact) mass is 1190 g/mol. The van der Waals surface area contributed by atoms with Gasteiger partial charge in [0.1, 0.15) is 49.1 Å². The Hall–Kier alpha value is -10.0. The molecule has 4 aromatic heterocycles. The first-order chi connectivity index (χ1) is 43.0. The molecule has 6 aromatic carbocycles. The average molecular weight is 1200 g/mol. The maximum absolute atomic E-state index is 13.7. The van der Waals surface area contributed by atoms with Gasteiger partial charge in [-0.25, -0.2) is 19.0 Å². The Kier molecular flexibility index (Phi) is 20.7. The van der Waals surface area contributed by atoms with Gasteiger partial charge < -0.3 is 46.7 Å². The van der Waals surface area contributed by atoms with Crippen LogP contribution in [0.25, 0.3) is 44.6 Å². The van der Waals surface area contributed by atoms with E-state index < -0.39 is 11.9 Å². The second-order valence-corrected chi connectivity index (χ2v) is 20.5. The molecule has 0 amide bonds. The molecule has 0 aliphatic heterocycles. The number of carbonyl (C=O) groups is 2. The SMILES string of the molecule is COC(=O)c1cccc(COc2c(-c3ccc(OCCOCCn4cc(CN(C)CCN(C)Cc5cn(CCOCCOc6ccc(-c7oc8ccccc8c(=O)c7OCc7cccc(C(=O)OC)c7)cc6)nn5)nn4)cc3)oc3ccccc3c2=O)c1. The van der Waals surface area contributed by atoms with Crippen LogP contribution in [0.4, 0.5) is 0 Å². The lowest BCUT2D eigenvalue weighted by Crippen LogP contribution is -2.30. The maximum Gasteiger partial charge on any atom is 0.337 e. The predicted molar refractivity (Wildman–Crippen MR) is 325 cm³/mol. The molecule has 0 saturated heterocycles. The van der Waals surface area contributed by atoms with E-state index in [0.717, 1.165) is 24.5 Å². The Balaban J connectivity index is 0.593. The lowest BCUT2D eigenvalue weighted by Gasteiger charge is -2.20. The summed E-state index contributed by atoms with van der Waals surface area (Å²) in [6, 6.07) is 42.1. The van der Waals surface area contributed by atoms with Crippen LogP contribution >= 0.6 is 0 Å². The summed E-state index contributed by atoms with van der Waals surface area (Å²) in [6.07, 6.45) is 3.85. The van der Waals surface area contributed by atoms with Crippen LogP contribution in [-0.4, -0.2) is 133 Å². The van der Waals surface area contributed by atoms with Crippen molar-refractivity contribution < 1.29 is 56.3 Å². The van der Waals surface area contributed by atoms with E-state index in [0.29, 0.717) is 133 Å². The Bertz CT molecular complexity index is 3830. The summed E-state index contributed by atoms with van der Waals surface area (Å²) in [4.78, 5) is 56.0. The Labute approximate surface area is 506 Å². The van der Waals surface area contributed by atoms with E-state index >= 15 is 0 Å². The minimum atomic E-state index is -0.467. The third kappa shape index (κ3) is 16.1. The fourth-order valence-corrected chi connectivity index (χ4v) is 9.47. The first kappa shape index (κ1) is 61.1. The van der Waals surface area contributed by atoms with Gasteiger partial charge in [-0.2, -0.15) is 0 Å². The van der Waals surface area contributed by atoms with Gasteiger partial charge in [-0.15, -0.1) is 10.2 Å². The molecule has 10 rings (SSSR count). The average Bonchev–Trinajstić information content (AvgIpc) is 4.38. The van der Waals surface area contributed by atoms with Crippen molar-refractivity contribution in [3.8, 4) is 45.6 Å². The zero-order chi connectivity index (χ0) is 61.2. The van der Waals surface area contributed by atoms with Gasteiger partial charge in [-0.1, -0.05) is 59.0 Å². The van der Waals surface area contributed by atoms with Gasteiger partial charge in [0, 0.05) is 49.7 Å². The van der Waals surface area contributed by atoms with E-state index in [1.54, 1.807) is 155 Å². The van der Waals surface area contributed by atoms with Crippen molar-refractivity contribution >= 4 is 33.9 Å². The molecule has 0 aliphatic carbocycles. The van der Waals surface area contributed by atoms with Crippen LogP contribution in [0.1, 0.15) is 43.2 Å². The zero-order valence-corrected chi connectivity index (χ0v) is 49.2. The highest BCUT2D eigenvalue weighted by Crippen LogP contribution is 2.34. The molecule has 22 heteroatoms. The van der Waals surface area contributed by atoms with Crippen LogP contribution in [0.15, 0.2) is 176 Å². The number of methoxy groups -OCH3 is 2. The molecule has 4 heterocycles. The summed E-state index contributed by atoms with van der Waals surface area (Å²) in [5.41, 5.74) is 5.31. The fraction of sp³-hybridized carbons (Fsp3) is 0.273. The van der Waals surface area contributed by atoms with E-state index in [1.807, 2.05) is 26.5 Å². The molecular weight excluding hydrogens is 1130 g/mol. The van der Waals surface area contributed by atoms with Gasteiger partial charge in [0.05, 0.1) is 87.0 Å². The summed E-state index contributed by atoms with van der Waals surface area (Å²) in [6.45, 7) is 6.16. The number of hydrogen-bond acceptors (Lipinski definition) is 20. The number of ether oxygens (including phenoxy) is 8. The van der Waals surface area contributed by atoms with Gasteiger partial charge in [0.25, 0.3) is 0 Å². The predicted octanol–water partition coefficient (Wildman–Crippen LogP) is 8.90. The summed E-state index contributed by atoms with van der Waals surface area (Å²) in [5, 5.41) is 18.1. The second-order valence-electron chi connectivity index (χ2n) is 20.5. The molecule has 0 fully saturated rings. The molecule has 0 atom stereocenters. The molecule has 0 aliphatic rings. The largest absolute Gasteiger partial charge is 0.491 e. The molecule has 22 nitrogen and oxygen atoms in total. The van der Waals surface area contributed by atoms with Crippen molar-refractivity contribution in [2.24, 2.45) is 0 Å². The summed E-state index contributed by atoms with van der Waals surface area (Å²) < 4.78 is 61.5. The Morgan fingerprint density at radius 3 is 1.33 bits per heavy atom. The van der Waals surface area contributed by atoms with Crippen molar-refractivity contribution in [3.63, 3.8) is 0 Å². The molecular formula is C66H66N8O14. The minimum Gasteiger partial charge on any atom is -0.491 e. The normalized spacial score (nSPS) is 11.4. The molecule has 0 bridgehead atoms. The van der Waals surface area contributed by atoms with Crippen molar-refractivity contribution in [1.82, 2.24) is 39.8 Å². The first-order valence-corrected chi connectivity index (χ1v) is 28.5. The molecule has 0 radical (unpaired) electrons. The second kappa shape index (κ2) is 29.9. The third-order valence-electron chi connectivity index (χ3n) is 14.0. The van der Waals surface area contributed by atoms with Crippen LogP contribution in [0.2, 0.25) is 0 Å². The fourth-order valence-electron chi connectivity index (χ4n) is 9.47. The molecule has 88 heavy (non-hydrogen) atoms. The minimum absolute atomic E-state index is 0.0252. The highest BCUT2D eigenvalue weighted by atomic mass is 16.5. The number of esters is 2. The van der Waals surface area contributed by atoms with Gasteiger partial charge >= 0.3 is 11.9 Å². The van der Waals surface area contributed by atoms with Gasteiger partial charge in [-0.05, 0) is 122 Å². The van der Waals surface area contributed by atoms with Crippen LogP contribution < -0.4 is 29.8 Å². The number of benzene rings is 6. The number of hydrogen-bond donors (Lipinski definition) is 0. The van der Waals surface area contributed by atoms with E-state index in [4.69, 9.17) is 46.7 Å². The molecule has 0 unspecified atom stereocenters. The molecule has 0 saturated carbocycles. The van der Waals surface area contributed by atoms with Crippen LogP contribution in [-0.2, 0) is 58.3 Å². The van der Waals surface area contributed by atoms with Crippen LogP contribution in [0, 0.1) is 0 Å². The topological polar surface area (TPSA) is 236 Å². The number of para-hydroxylation sites is 2. The van der Waals surface area contributed by atoms with E-state index in [2.05, 4.69) is 30.4 Å². The highest BCUT2D eigenvalue weighted by Gasteiger charge is 2.21. The number of nitrogens with zero attached hydrogens (tertiary/aromatic N) is 8. The molecule has 10 aromatic rings. The summed E-state index contributed by atoms with van der Waals surface area (Å²) in [5.74, 6) is 0.962. The highest BCUT2D eigenvalue weighted by molar-refractivity contribution is 5.90. The maximum atomic E-state index is 13.7. The summed E-state index contributed by atoms with van der Waals surface area (Å²) >= 11 is 0. The van der Waals surface area contributed by atoms with Crippen LogP contribution in [0.3, 0.4) is 0 Å². The first-order valence-electron chi connectivity index (χ1n) is 28.5. The number of aromatic nitrogens is 6. The number of rotatable bonds is 31. The lowest BCUT2D eigenvalue weighted by atomic mass is 10.1. The Morgan fingerprint density at radius 2 is 0.909 bits per heavy atom.